The zero-order chi connectivity index (χ0) is 33.9. The van der Waals surface area contributed by atoms with Gasteiger partial charge in [-0.15, -0.1) is 23.8 Å². The first-order valence-electron chi connectivity index (χ1n) is 16.9. The number of phenols is 1. The summed E-state index contributed by atoms with van der Waals surface area (Å²) in [5.41, 5.74) is 10.5. The number of phenolic OH excluding ortho intramolecular Hbond substituents is 1. The van der Waals surface area contributed by atoms with E-state index in [9.17, 15) is 5.11 Å². The molecule has 0 radical (unpaired) electrons. The molecule has 0 spiro atoms. The van der Waals surface area contributed by atoms with Crippen LogP contribution in [0.25, 0.3) is 94.3 Å². The average Bonchev–Trinajstić information content (AvgIpc) is 3.77. The van der Waals surface area contributed by atoms with E-state index >= 15 is 0 Å². The second kappa shape index (κ2) is 12.8. The molecule has 0 bridgehead atoms. The Bertz CT molecular complexity index is 2930. The molecule has 10 rings (SSSR count). The number of imidazole rings is 1. The van der Waals surface area contributed by atoms with E-state index in [4.69, 9.17) is 14.4 Å². The van der Waals surface area contributed by atoms with Crippen LogP contribution in [0.2, 0.25) is 0 Å². The van der Waals surface area contributed by atoms with Crippen LogP contribution >= 0.6 is 0 Å². The third-order valence-corrected chi connectivity index (χ3v) is 9.63. The number of fused-ring (bicyclic) bond motifs is 6. The number of benzene rings is 7. The average molecular weight is 850 g/mol. The van der Waals surface area contributed by atoms with Gasteiger partial charge in [0.2, 0.25) is 0 Å². The van der Waals surface area contributed by atoms with Crippen LogP contribution < -0.4 is 0 Å². The number of aromatic hydroxyl groups is 1. The molecule has 52 heavy (non-hydrogen) atoms. The molecule has 6 heteroatoms. The number of nitrogens with zero attached hydrogens (tertiary/aromatic N) is 3. The first kappa shape index (κ1) is 31.7. The van der Waals surface area contributed by atoms with E-state index < -0.39 is 0 Å². The quantitative estimate of drug-likeness (QED) is 0.175. The summed E-state index contributed by atoms with van der Waals surface area (Å²) in [4.78, 5) is 10.2. The Kier molecular flexibility index (Phi) is 7.79. The van der Waals surface area contributed by atoms with Crippen LogP contribution in [0.3, 0.4) is 0 Å². The Balaban J connectivity index is 0.00000360. The summed E-state index contributed by atoms with van der Waals surface area (Å²) in [6, 6.07) is 56.8. The van der Waals surface area contributed by atoms with Gasteiger partial charge in [0, 0.05) is 43.2 Å². The van der Waals surface area contributed by atoms with Gasteiger partial charge in [0.05, 0.1) is 22.8 Å². The van der Waals surface area contributed by atoms with Crippen molar-refractivity contribution in [2.45, 2.75) is 0 Å². The maximum absolute atomic E-state index is 11.0. The molecule has 0 unspecified atom stereocenters. The van der Waals surface area contributed by atoms with E-state index in [-0.39, 0.29) is 26.8 Å². The Morgan fingerprint density at radius 1 is 0.596 bits per heavy atom. The maximum Gasteiger partial charge on any atom is 0.152 e. The fraction of sp³-hybridized carbons (Fsp3) is 0. The van der Waals surface area contributed by atoms with Gasteiger partial charge in [-0.25, -0.2) is 4.98 Å². The number of hydrogen-bond acceptors (Lipinski definition) is 4. The van der Waals surface area contributed by atoms with Gasteiger partial charge in [0.15, 0.2) is 5.58 Å². The van der Waals surface area contributed by atoms with Gasteiger partial charge in [-0.2, -0.15) is 0 Å². The van der Waals surface area contributed by atoms with E-state index in [1.807, 2.05) is 54.7 Å². The minimum absolute atomic E-state index is 0. The molecule has 0 aliphatic rings. The van der Waals surface area contributed by atoms with Gasteiger partial charge in [0.1, 0.15) is 17.2 Å². The van der Waals surface area contributed by atoms with Crippen LogP contribution in [-0.4, -0.2) is 19.6 Å². The van der Waals surface area contributed by atoms with Gasteiger partial charge >= 0.3 is 0 Å². The van der Waals surface area contributed by atoms with Crippen molar-refractivity contribution in [3.63, 3.8) is 0 Å². The standard InChI is InChI=1S/C46H28N3O2.Pt/c50-41-21-10-9-18-37(41)46-48-45-36(19-11-20-40(45)49(46)34-15-5-2-6-16-34)32-24-31(29-12-3-1-4-13-29)25-33(26-32)39-27-38-43(28-47-39)51-42-23-22-30-14-7-8-17-35(30)44(38)42;/h1-25,27-28,50H;/q-1;. The number of furan rings is 1. The molecular formula is C46H28N3O2Pt-. The van der Waals surface area contributed by atoms with E-state index in [1.54, 1.807) is 6.07 Å². The molecule has 1 N–H and O–H groups in total. The van der Waals surface area contributed by atoms with Gasteiger partial charge in [0.25, 0.3) is 0 Å². The van der Waals surface area contributed by atoms with Crippen molar-refractivity contribution in [2.75, 3.05) is 0 Å². The molecule has 0 saturated carbocycles. The summed E-state index contributed by atoms with van der Waals surface area (Å²) >= 11 is 0. The number of rotatable bonds is 5. The molecule has 3 aromatic heterocycles. The van der Waals surface area contributed by atoms with Gasteiger partial charge in [-0.3, -0.25) is 9.55 Å². The SMILES string of the molecule is Oc1ccccc1-c1nc2c(-c3[c-]c(-c4cc5c(cn4)oc4ccc6ccccc6c45)cc(-c4ccccc4)c3)cccc2n1-c1ccccc1.[Pt]. The zero-order valence-electron chi connectivity index (χ0n) is 27.6. The molecule has 10 aromatic rings. The molecule has 250 valence electrons. The summed E-state index contributed by atoms with van der Waals surface area (Å²) in [6.07, 6.45) is 1.82. The monoisotopic (exact) mass is 849 g/mol. The van der Waals surface area contributed by atoms with Gasteiger partial charge < -0.3 is 9.52 Å². The molecule has 0 fully saturated rings. The van der Waals surface area contributed by atoms with Crippen molar-refractivity contribution < 1.29 is 30.6 Å². The third-order valence-electron chi connectivity index (χ3n) is 9.63. The first-order chi connectivity index (χ1) is 25.2. The molecule has 7 aromatic carbocycles. The predicted octanol–water partition coefficient (Wildman–Crippen LogP) is 11.6. The summed E-state index contributed by atoms with van der Waals surface area (Å²) in [5.74, 6) is 0.833. The second-order valence-electron chi connectivity index (χ2n) is 12.7. The van der Waals surface area contributed by atoms with Crippen LogP contribution in [0.4, 0.5) is 0 Å². The first-order valence-corrected chi connectivity index (χ1v) is 16.9. The van der Waals surface area contributed by atoms with Crippen molar-refractivity contribution in [1.82, 2.24) is 14.5 Å². The summed E-state index contributed by atoms with van der Waals surface area (Å²) in [7, 11) is 0. The fourth-order valence-electron chi connectivity index (χ4n) is 7.25. The number of hydrogen-bond donors (Lipinski definition) is 1. The van der Waals surface area contributed by atoms with Crippen molar-refractivity contribution in [2.24, 2.45) is 0 Å². The number of pyridine rings is 1. The zero-order valence-corrected chi connectivity index (χ0v) is 29.9. The maximum atomic E-state index is 11.0. The van der Waals surface area contributed by atoms with Crippen LogP contribution in [0, 0.1) is 6.07 Å². The Morgan fingerprint density at radius 2 is 1.33 bits per heavy atom. The Labute approximate surface area is 313 Å². The number of aromatic nitrogens is 3. The van der Waals surface area contributed by atoms with Crippen molar-refractivity contribution in [3.05, 3.63) is 170 Å². The predicted molar refractivity (Wildman–Crippen MR) is 206 cm³/mol. The third kappa shape index (κ3) is 5.21. The van der Waals surface area contributed by atoms with Crippen molar-refractivity contribution >= 4 is 43.7 Å². The minimum atomic E-state index is 0. The molecule has 0 amide bonds. The van der Waals surface area contributed by atoms with E-state index in [0.717, 1.165) is 82.9 Å². The fourth-order valence-corrected chi connectivity index (χ4v) is 7.25. The van der Waals surface area contributed by atoms with Gasteiger partial charge in [-0.1, -0.05) is 126 Å². The normalized spacial score (nSPS) is 11.4. The van der Waals surface area contributed by atoms with Crippen molar-refractivity contribution in [3.8, 4) is 56.3 Å². The molecular weight excluding hydrogens is 822 g/mol. The Morgan fingerprint density at radius 3 is 2.17 bits per heavy atom. The van der Waals surface area contributed by atoms with Crippen molar-refractivity contribution in [1.29, 1.82) is 0 Å². The van der Waals surface area contributed by atoms with E-state index in [1.165, 1.54) is 0 Å². The molecule has 0 saturated heterocycles. The smallest absolute Gasteiger partial charge is 0.152 e. The minimum Gasteiger partial charge on any atom is -0.507 e. The summed E-state index contributed by atoms with van der Waals surface area (Å²) in [5, 5.41) is 15.4. The molecule has 3 heterocycles. The van der Waals surface area contributed by atoms with Crippen LogP contribution in [0.1, 0.15) is 0 Å². The topological polar surface area (TPSA) is 64.1 Å². The van der Waals surface area contributed by atoms with E-state index in [0.29, 0.717) is 11.4 Å². The largest absolute Gasteiger partial charge is 0.507 e. The molecule has 5 nitrogen and oxygen atoms in total. The Hall–Kier alpha value is -6.29. The van der Waals surface area contributed by atoms with Gasteiger partial charge in [-0.05, 0) is 52.7 Å². The summed E-state index contributed by atoms with van der Waals surface area (Å²) < 4.78 is 8.39. The van der Waals surface area contributed by atoms with Crippen LogP contribution in [0.15, 0.2) is 168 Å². The molecule has 0 atom stereocenters. The van der Waals surface area contributed by atoms with Crippen LogP contribution in [-0.2, 0) is 21.1 Å². The van der Waals surface area contributed by atoms with Crippen LogP contribution in [0.5, 0.6) is 5.75 Å². The van der Waals surface area contributed by atoms with E-state index in [2.05, 4.69) is 114 Å². The second-order valence-corrected chi connectivity index (χ2v) is 12.7. The molecule has 0 aliphatic carbocycles. The number of para-hydroxylation sites is 3. The summed E-state index contributed by atoms with van der Waals surface area (Å²) in [6.45, 7) is 0. The molecule has 0 aliphatic heterocycles.